The molecule has 0 atom stereocenters. The number of anilines is 1. The summed E-state index contributed by atoms with van der Waals surface area (Å²) in [7, 11) is 3.99. The fraction of sp³-hybridized carbons (Fsp3) is 0.200. The molecule has 0 unspecified atom stereocenters. The zero-order valence-corrected chi connectivity index (χ0v) is 10.1. The standard InChI is InChI=1S/C10H15N5S/c1-15(2)9-5-3-8(4-6-9)7-12-14-10(16)13-11/h3-7H,11H2,1-2H3,(H2,13,14,16)/b12-7+. The van der Waals surface area contributed by atoms with Crippen molar-refractivity contribution in [2.45, 2.75) is 0 Å². The Morgan fingerprint density at radius 3 is 2.50 bits per heavy atom. The maximum atomic E-state index is 5.07. The Hall–Kier alpha value is -1.66. The zero-order valence-electron chi connectivity index (χ0n) is 9.27. The van der Waals surface area contributed by atoms with Gasteiger partial charge in [-0.2, -0.15) is 5.10 Å². The first-order chi connectivity index (χ1) is 7.63. The minimum Gasteiger partial charge on any atom is -0.378 e. The van der Waals surface area contributed by atoms with Gasteiger partial charge in [-0.05, 0) is 29.9 Å². The van der Waals surface area contributed by atoms with E-state index in [0.717, 1.165) is 11.3 Å². The van der Waals surface area contributed by atoms with Crippen LogP contribution < -0.4 is 21.6 Å². The van der Waals surface area contributed by atoms with E-state index >= 15 is 0 Å². The summed E-state index contributed by atoms with van der Waals surface area (Å²) >= 11 is 4.76. The van der Waals surface area contributed by atoms with Gasteiger partial charge in [0.15, 0.2) is 0 Å². The molecule has 1 aromatic rings. The molecule has 16 heavy (non-hydrogen) atoms. The van der Waals surface area contributed by atoms with Crippen molar-refractivity contribution in [2.75, 3.05) is 19.0 Å². The second kappa shape index (κ2) is 6.04. The minimum absolute atomic E-state index is 0.279. The largest absolute Gasteiger partial charge is 0.378 e. The summed E-state index contributed by atoms with van der Waals surface area (Å²) < 4.78 is 0. The predicted octanol–water partition coefficient (Wildman–Crippen LogP) is 0.424. The van der Waals surface area contributed by atoms with Gasteiger partial charge in [-0.3, -0.25) is 10.9 Å². The van der Waals surface area contributed by atoms with Crippen LogP contribution in [0.3, 0.4) is 0 Å². The summed E-state index contributed by atoms with van der Waals surface area (Å²) in [4.78, 5) is 2.03. The lowest BCUT2D eigenvalue weighted by Gasteiger charge is -2.11. The van der Waals surface area contributed by atoms with Gasteiger partial charge in [-0.15, -0.1) is 0 Å². The van der Waals surface area contributed by atoms with E-state index in [1.54, 1.807) is 6.21 Å². The van der Waals surface area contributed by atoms with E-state index in [0.29, 0.717) is 0 Å². The molecule has 0 bridgehead atoms. The van der Waals surface area contributed by atoms with E-state index < -0.39 is 0 Å². The van der Waals surface area contributed by atoms with Crippen molar-refractivity contribution in [2.24, 2.45) is 10.9 Å². The number of hydrogen-bond donors (Lipinski definition) is 3. The van der Waals surface area contributed by atoms with E-state index in [2.05, 4.69) is 16.0 Å². The monoisotopic (exact) mass is 237 g/mol. The van der Waals surface area contributed by atoms with Crippen LogP contribution in [0, 0.1) is 0 Å². The molecule has 0 fully saturated rings. The number of hydrogen-bond acceptors (Lipinski definition) is 4. The molecule has 0 radical (unpaired) electrons. The third-order valence-electron chi connectivity index (χ3n) is 1.92. The second-order valence-corrected chi connectivity index (χ2v) is 3.74. The molecule has 4 N–H and O–H groups in total. The van der Waals surface area contributed by atoms with Crippen LogP contribution >= 0.6 is 12.2 Å². The van der Waals surface area contributed by atoms with Crippen molar-refractivity contribution in [3.63, 3.8) is 0 Å². The molecular formula is C10H15N5S. The number of hydrazone groups is 1. The lowest BCUT2D eigenvalue weighted by Crippen LogP contribution is -2.37. The number of thiocarbonyl (C=S) groups is 1. The topological polar surface area (TPSA) is 65.7 Å². The normalized spacial score (nSPS) is 10.2. The van der Waals surface area contributed by atoms with Gasteiger partial charge in [-0.25, -0.2) is 5.84 Å². The smallest absolute Gasteiger partial charge is 0.201 e. The van der Waals surface area contributed by atoms with E-state index in [4.69, 9.17) is 18.1 Å². The number of nitrogens with zero attached hydrogens (tertiary/aromatic N) is 2. The Morgan fingerprint density at radius 2 is 2.00 bits per heavy atom. The Kier molecular flexibility index (Phi) is 4.68. The fourth-order valence-electron chi connectivity index (χ4n) is 1.06. The Bertz CT molecular complexity index is 371. The van der Waals surface area contributed by atoms with Gasteiger partial charge in [0.25, 0.3) is 0 Å². The first-order valence-electron chi connectivity index (χ1n) is 4.70. The van der Waals surface area contributed by atoms with Crippen molar-refractivity contribution in [3.8, 4) is 0 Å². The fourth-order valence-corrected chi connectivity index (χ4v) is 1.11. The van der Waals surface area contributed by atoms with E-state index in [-0.39, 0.29) is 5.11 Å². The van der Waals surface area contributed by atoms with Crippen molar-refractivity contribution in [1.82, 2.24) is 10.9 Å². The molecular weight excluding hydrogens is 222 g/mol. The van der Waals surface area contributed by atoms with Gasteiger partial charge in [0.2, 0.25) is 5.11 Å². The first kappa shape index (κ1) is 12.4. The predicted molar refractivity (Wildman–Crippen MR) is 71.4 cm³/mol. The van der Waals surface area contributed by atoms with Crippen LogP contribution in [-0.2, 0) is 0 Å². The third kappa shape index (κ3) is 3.84. The number of rotatable bonds is 3. The highest BCUT2D eigenvalue weighted by Gasteiger charge is 1.93. The highest BCUT2D eigenvalue weighted by molar-refractivity contribution is 7.80. The van der Waals surface area contributed by atoms with Crippen molar-refractivity contribution < 1.29 is 0 Å². The molecule has 0 aromatic heterocycles. The van der Waals surface area contributed by atoms with Crippen molar-refractivity contribution >= 4 is 29.2 Å². The summed E-state index contributed by atoms with van der Waals surface area (Å²) in [5.74, 6) is 5.07. The van der Waals surface area contributed by atoms with E-state index in [1.807, 2.05) is 43.3 Å². The molecule has 0 amide bonds. The number of benzene rings is 1. The number of nitrogens with two attached hydrogens (primary N) is 1. The zero-order chi connectivity index (χ0) is 12.0. The average Bonchev–Trinajstić information content (AvgIpc) is 2.29. The van der Waals surface area contributed by atoms with Gasteiger partial charge >= 0.3 is 0 Å². The van der Waals surface area contributed by atoms with Crippen LogP contribution in [0.15, 0.2) is 29.4 Å². The van der Waals surface area contributed by atoms with Gasteiger partial charge in [0, 0.05) is 19.8 Å². The molecule has 0 aliphatic carbocycles. The molecule has 1 aromatic carbocycles. The maximum absolute atomic E-state index is 5.07. The molecule has 0 saturated carbocycles. The second-order valence-electron chi connectivity index (χ2n) is 3.33. The summed E-state index contributed by atoms with van der Waals surface area (Å²) in [6, 6.07) is 7.97. The Balaban J connectivity index is 2.58. The highest BCUT2D eigenvalue weighted by atomic mass is 32.1. The Morgan fingerprint density at radius 1 is 1.38 bits per heavy atom. The minimum atomic E-state index is 0.279. The molecule has 0 aliphatic heterocycles. The van der Waals surface area contributed by atoms with Crippen LogP contribution in [0.2, 0.25) is 0 Å². The van der Waals surface area contributed by atoms with Crippen LogP contribution in [0.1, 0.15) is 5.56 Å². The first-order valence-corrected chi connectivity index (χ1v) is 5.11. The average molecular weight is 237 g/mol. The van der Waals surface area contributed by atoms with Gasteiger partial charge in [-0.1, -0.05) is 12.1 Å². The third-order valence-corrected chi connectivity index (χ3v) is 2.13. The summed E-state index contributed by atoms with van der Waals surface area (Å²) in [6.07, 6.45) is 1.67. The molecule has 0 aliphatic rings. The van der Waals surface area contributed by atoms with Crippen LogP contribution in [0.4, 0.5) is 5.69 Å². The molecule has 0 spiro atoms. The summed E-state index contributed by atoms with van der Waals surface area (Å²) in [6.45, 7) is 0. The van der Waals surface area contributed by atoms with Crippen LogP contribution in [0.25, 0.3) is 0 Å². The SMILES string of the molecule is CN(C)c1ccc(/C=N/NC(=S)NN)cc1. The number of hydrazine groups is 1. The molecule has 1 rings (SSSR count). The highest BCUT2D eigenvalue weighted by Crippen LogP contribution is 2.10. The van der Waals surface area contributed by atoms with Gasteiger partial charge in [0.05, 0.1) is 6.21 Å². The maximum Gasteiger partial charge on any atom is 0.201 e. The van der Waals surface area contributed by atoms with E-state index in [1.165, 1.54) is 0 Å². The Labute approximate surface area is 100 Å². The molecule has 6 heteroatoms. The molecule has 5 nitrogen and oxygen atoms in total. The number of nitrogens with one attached hydrogen (secondary N) is 2. The molecule has 0 saturated heterocycles. The van der Waals surface area contributed by atoms with Gasteiger partial charge in [0.1, 0.15) is 0 Å². The van der Waals surface area contributed by atoms with Crippen molar-refractivity contribution in [3.05, 3.63) is 29.8 Å². The lowest BCUT2D eigenvalue weighted by molar-refractivity contribution is 0.930. The lowest BCUT2D eigenvalue weighted by atomic mass is 10.2. The molecule has 86 valence electrons. The summed E-state index contributed by atoms with van der Waals surface area (Å²) in [5, 5.41) is 4.19. The van der Waals surface area contributed by atoms with Crippen LogP contribution in [-0.4, -0.2) is 25.4 Å². The quantitative estimate of drug-likeness (QED) is 0.308. The van der Waals surface area contributed by atoms with E-state index in [9.17, 15) is 0 Å². The van der Waals surface area contributed by atoms with Gasteiger partial charge < -0.3 is 4.90 Å². The summed E-state index contributed by atoms with van der Waals surface area (Å²) in [5.41, 5.74) is 6.97. The van der Waals surface area contributed by atoms with Crippen molar-refractivity contribution in [1.29, 1.82) is 0 Å². The van der Waals surface area contributed by atoms with Crippen LogP contribution in [0.5, 0.6) is 0 Å². The molecule has 0 heterocycles.